The number of nitrogens with zero attached hydrogens (tertiary/aromatic N) is 1. The van der Waals surface area contributed by atoms with Gasteiger partial charge in [0.2, 0.25) is 0 Å². The van der Waals surface area contributed by atoms with Crippen molar-refractivity contribution < 1.29 is 4.79 Å². The van der Waals surface area contributed by atoms with Crippen LogP contribution in [0.25, 0.3) is 0 Å². The Bertz CT molecular complexity index is 477. The van der Waals surface area contributed by atoms with Crippen molar-refractivity contribution in [3.63, 3.8) is 0 Å². The summed E-state index contributed by atoms with van der Waals surface area (Å²) in [6, 6.07) is 10.4. The maximum absolute atomic E-state index is 12.5. The lowest BCUT2D eigenvalue weighted by atomic mass is 9.64. The Morgan fingerprint density at radius 1 is 1.11 bits per heavy atom. The summed E-state index contributed by atoms with van der Waals surface area (Å²) in [5.74, 6) is 0.427. The molecule has 1 atom stereocenters. The van der Waals surface area contributed by atoms with Crippen molar-refractivity contribution in [3.8, 4) is 0 Å². The van der Waals surface area contributed by atoms with Gasteiger partial charge in [0, 0.05) is 18.7 Å². The number of aliphatic imine (C=N–C) groups is 1. The Labute approximate surface area is 108 Å². The van der Waals surface area contributed by atoms with Crippen molar-refractivity contribution in [2.45, 2.75) is 38.5 Å². The molecule has 0 aromatic heterocycles. The molecule has 0 amide bonds. The van der Waals surface area contributed by atoms with E-state index < -0.39 is 0 Å². The summed E-state index contributed by atoms with van der Waals surface area (Å²) in [5, 5.41) is 0. The van der Waals surface area contributed by atoms with Crippen LogP contribution in [0.15, 0.2) is 35.3 Å². The summed E-state index contributed by atoms with van der Waals surface area (Å²) in [6.45, 7) is 0.916. The second-order valence-electron chi connectivity index (χ2n) is 5.45. The smallest absolute Gasteiger partial charge is 0.144 e. The van der Waals surface area contributed by atoms with Gasteiger partial charge in [0.25, 0.3) is 0 Å². The number of Topliss-reactive ketones (excluding diaryl/α,β-unsaturated/α-hetero) is 1. The Morgan fingerprint density at radius 3 is 2.78 bits per heavy atom. The predicted octanol–water partition coefficient (Wildman–Crippen LogP) is 3.20. The first kappa shape index (κ1) is 11.6. The fourth-order valence-electron chi connectivity index (χ4n) is 3.40. The molecule has 2 nitrogen and oxygen atoms in total. The van der Waals surface area contributed by atoms with Crippen molar-refractivity contribution >= 4 is 11.5 Å². The standard InChI is InChI=1S/C16H19NO/c18-15-9-4-8-14-16(15,10-5-11-17-14)12-13-6-2-1-3-7-13/h1-3,6-7H,4-5,8-12H2/t16-/m1/s1. The van der Waals surface area contributed by atoms with Crippen molar-refractivity contribution in [2.24, 2.45) is 10.4 Å². The predicted molar refractivity (Wildman–Crippen MR) is 73.0 cm³/mol. The summed E-state index contributed by atoms with van der Waals surface area (Å²) < 4.78 is 0. The number of ketones is 1. The van der Waals surface area contributed by atoms with E-state index in [1.165, 1.54) is 11.3 Å². The number of benzene rings is 1. The van der Waals surface area contributed by atoms with Gasteiger partial charge in [0.05, 0.1) is 5.41 Å². The average Bonchev–Trinajstić information content (AvgIpc) is 2.41. The summed E-state index contributed by atoms with van der Waals surface area (Å²) in [4.78, 5) is 17.1. The number of hydrogen-bond donors (Lipinski definition) is 0. The van der Waals surface area contributed by atoms with Gasteiger partial charge < -0.3 is 0 Å². The van der Waals surface area contributed by atoms with E-state index in [0.717, 1.165) is 45.1 Å². The molecule has 1 saturated carbocycles. The molecule has 94 valence electrons. The van der Waals surface area contributed by atoms with Crippen LogP contribution in [0.3, 0.4) is 0 Å². The number of fused-ring (bicyclic) bond motifs is 1. The SMILES string of the molecule is O=C1CCCC2=NCCC[C@]12Cc1ccccc1. The molecule has 2 aliphatic rings. The molecule has 3 rings (SSSR count). The molecule has 18 heavy (non-hydrogen) atoms. The van der Waals surface area contributed by atoms with Crippen LogP contribution in [0.4, 0.5) is 0 Å². The molecule has 1 heterocycles. The molecule has 1 aromatic rings. The van der Waals surface area contributed by atoms with E-state index in [1.807, 2.05) is 6.07 Å². The number of carbonyl (C=O) groups is 1. The first-order valence-electron chi connectivity index (χ1n) is 6.92. The molecule has 1 aliphatic heterocycles. The molecule has 0 N–H and O–H groups in total. The van der Waals surface area contributed by atoms with Gasteiger partial charge in [-0.3, -0.25) is 9.79 Å². The minimum absolute atomic E-state index is 0.252. The number of rotatable bonds is 2. The van der Waals surface area contributed by atoms with Crippen LogP contribution in [0.5, 0.6) is 0 Å². The quantitative estimate of drug-likeness (QED) is 0.781. The van der Waals surface area contributed by atoms with E-state index in [4.69, 9.17) is 0 Å². The van der Waals surface area contributed by atoms with Gasteiger partial charge in [-0.25, -0.2) is 0 Å². The third kappa shape index (κ3) is 1.90. The third-order valence-electron chi connectivity index (χ3n) is 4.32. The Hall–Kier alpha value is -1.44. The van der Waals surface area contributed by atoms with Gasteiger partial charge in [-0.2, -0.15) is 0 Å². The zero-order valence-electron chi connectivity index (χ0n) is 10.7. The summed E-state index contributed by atoms with van der Waals surface area (Å²) in [7, 11) is 0. The normalized spacial score (nSPS) is 27.6. The first-order valence-corrected chi connectivity index (χ1v) is 6.92. The van der Waals surface area contributed by atoms with Gasteiger partial charge in [-0.05, 0) is 37.7 Å². The van der Waals surface area contributed by atoms with Gasteiger partial charge in [0.1, 0.15) is 5.78 Å². The minimum Gasteiger partial charge on any atom is -0.299 e. The number of carbonyl (C=O) groups excluding carboxylic acids is 1. The molecular weight excluding hydrogens is 222 g/mol. The van der Waals surface area contributed by atoms with Crippen LogP contribution >= 0.6 is 0 Å². The fourth-order valence-corrected chi connectivity index (χ4v) is 3.40. The van der Waals surface area contributed by atoms with E-state index in [2.05, 4.69) is 29.3 Å². The van der Waals surface area contributed by atoms with Gasteiger partial charge in [-0.1, -0.05) is 30.3 Å². The third-order valence-corrected chi connectivity index (χ3v) is 4.32. The van der Waals surface area contributed by atoms with Gasteiger partial charge >= 0.3 is 0 Å². The Kier molecular flexibility index (Phi) is 3.02. The molecular formula is C16H19NO. The minimum atomic E-state index is -0.252. The zero-order chi connectivity index (χ0) is 12.4. The van der Waals surface area contributed by atoms with Crippen molar-refractivity contribution in [1.82, 2.24) is 0 Å². The van der Waals surface area contributed by atoms with E-state index in [9.17, 15) is 4.79 Å². The molecule has 0 radical (unpaired) electrons. The van der Waals surface area contributed by atoms with Crippen LogP contribution in [0, 0.1) is 5.41 Å². The number of hydrogen-bond acceptors (Lipinski definition) is 2. The van der Waals surface area contributed by atoms with Crippen molar-refractivity contribution in [1.29, 1.82) is 0 Å². The lowest BCUT2D eigenvalue weighted by Gasteiger charge is -2.40. The summed E-state index contributed by atoms with van der Waals surface area (Å²) >= 11 is 0. The van der Waals surface area contributed by atoms with Gasteiger partial charge in [-0.15, -0.1) is 0 Å². The first-order chi connectivity index (χ1) is 8.81. The zero-order valence-corrected chi connectivity index (χ0v) is 10.7. The van der Waals surface area contributed by atoms with E-state index in [-0.39, 0.29) is 5.41 Å². The monoisotopic (exact) mass is 241 g/mol. The van der Waals surface area contributed by atoms with Gasteiger partial charge in [0.15, 0.2) is 0 Å². The van der Waals surface area contributed by atoms with Crippen LogP contribution < -0.4 is 0 Å². The highest BCUT2D eigenvalue weighted by atomic mass is 16.1. The van der Waals surface area contributed by atoms with Crippen molar-refractivity contribution in [3.05, 3.63) is 35.9 Å². The molecule has 1 aromatic carbocycles. The highest BCUT2D eigenvalue weighted by Crippen LogP contribution is 2.40. The van der Waals surface area contributed by atoms with Crippen LogP contribution in [-0.2, 0) is 11.2 Å². The second-order valence-corrected chi connectivity index (χ2v) is 5.45. The van der Waals surface area contributed by atoms with E-state index in [0.29, 0.717) is 5.78 Å². The average molecular weight is 241 g/mol. The largest absolute Gasteiger partial charge is 0.299 e. The molecule has 1 aliphatic carbocycles. The maximum atomic E-state index is 12.5. The Balaban J connectivity index is 1.96. The summed E-state index contributed by atoms with van der Waals surface area (Å²) in [6.07, 6.45) is 5.67. The molecule has 0 bridgehead atoms. The topological polar surface area (TPSA) is 29.4 Å². The molecule has 1 fully saturated rings. The molecule has 2 heteroatoms. The molecule has 0 unspecified atom stereocenters. The maximum Gasteiger partial charge on any atom is 0.144 e. The van der Waals surface area contributed by atoms with E-state index >= 15 is 0 Å². The molecule has 0 saturated heterocycles. The van der Waals surface area contributed by atoms with Crippen LogP contribution in [-0.4, -0.2) is 18.0 Å². The highest BCUT2D eigenvalue weighted by Gasteiger charge is 2.45. The molecule has 0 spiro atoms. The summed E-state index contributed by atoms with van der Waals surface area (Å²) in [5.41, 5.74) is 2.20. The highest BCUT2D eigenvalue weighted by molar-refractivity contribution is 6.11. The lowest BCUT2D eigenvalue weighted by molar-refractivity contribution is -0.126. The van der Waals surface area contributed by atoms with E-state index in [1.54, 1.807) is 0 Å². The lowest BCUT2D eigenvalue weighted by Crippen LogP contribution is -2.46. The Morgan fingerprint density at radius 2 is 1.94 bits per heavy atom. The van der Waals surface area contributed by atoms with Crippen molar-refractivity contribution in [2.75, 3.05) is 6.54 Å². The fraction of sp³-hybridized carbons (Fsp3) is 0.500. The van der Waals surface area contributed by atoms with Crippen LogP contribution in [0.2, 0.25) is 0 Å². The second kappa shape index (κ2) is 4.68. The van der Waals surface area contributed by atoms with Crippen LogP contribution in [0.1, 0.15) is 37.7 Å².